The third kappa shape index (κ3) is 3.91. The lowest BCUT2D eigenvalue weighted by Gasteiger charge is -2.11. The molecule has 0 radical (unpaired) electrons. The fraction of sp³-hybridized carbons (Fsp3) is 0.200. The molecule has 0 aromatic heterocycles. The zero-order valence-electron chi connectivity index (χ0n) is 9.75. The molecule has 0 spiro atoms. The lowest BCUT2D eigenvalue weighted by Crippen LogP contribution is -2.12. The molecule has 2 rings (SSSR count). The summed E-state index contributed by atoms with van der Waals surface area (Å²) in [5, 5.41) is 0. The van der Waals surface area contributed by atoms with Crippen molar-refractivity contribution in [2.24, 2.45) is 5.73 Å². The lowest BCUT2D eigenvalue weighted by molar-refractivity contribution is 0.831. The molecule has 0 bridgehead atoms. The van der Waals surface area contributed by atoms with Gasteiger partial charge in [-0.1, -0.05) is 60.7 Å². The van der Waals surface area contributed by atoms with Gasteiger partial charge in [0.25, 0.3) is 0 Å². The topological polar surface area (TPSA) is 26.0 Å². The Kier molecular flexibility index (Phi) is 4.65. The average molecular weight is 243 g/mol. The molecule has 2 N–H and O–H groups in total. The third-order valence-electron chi connectivity index (χ3n) is 2.64. The highest BCUT2D eigenvalue weighted by atomic mass is 32.2. The molecule has 88 valence electrons. The molecule has 2 aromatic rings. The van der Waals surface area contributed by atoms with Crippen molar-refractivity contribution in [3.8, 4) is 0 Å². The third-order valence-corrected chi connectivity index (χ3v) is 3.77. The van der Waals surface area contributed by atoms with Crippen molar-refractivity contribution in [2.75, 3.05) is 5.75 Å². The van der Waals surface area contributed by atoms with Crippen LogP contribution in [0.1, 0.15) is 17.2 Å². The van der Waals surface area contributed by atoms with Crippen LogP contribution in [0.2, 0.25) is 0 Å². The molecule has 0 saturated heterocycles. The first-order chi connectivity index (χ1) is 8.36. The molecule has 0 aliphatic carbocycles. The molecule has 0 heterocycles. The Morgan fingerprint density at radius 1 is 0.882 bits per heavy atom. The minimum Gasteiger partial charge on any atom is -0.323 e. The van der Waals surface area contributed by atoms with Crippen molar-refractivity contribution >= 4 is 11.8 Å². The Morgan fingerprint density at radius 2 is 1.47 bits per heavy atom. The van der Waals surface area contributed by atoms with E-state index >= 15 is 0 Å². The minimum absolute atomic E-state index is 0.130. The standard InChI is InChI=1S/C15H17NS/c16-15(14-9-5-2-6-10-14)12-17-11-13-7-3-1-4-8-13/h1-10,15H,11-12,16H2/t15-/m0/s1. The first-order valence-corrected chi connectivity index (χ1v) is 6.94. The van der Waals surface area contributed by atoms with Crippen molar-refractivity contribution in [1.82, 2.24) is 0 Å². The Hall–Kier alpha value is -1.25. The molecule has 0 saturated carbocycles. The number of hydrogen-bond acceptors (Lipinski definition) is 2. The number of rotatable bonds is 5. The van der Waals surface area contributed by atoms with E-state index in [0.717, 1.165) is 11.5 Å². The molecular weight excluding hydrogens is 226 g/mol. The van der Waals surface area contributed by atoms with Gasteiger partial charge in [0, 0.05) is 17.5 Å². The van der Waals surface area contributed by atoms with Crippen LogP contribution in [0.4, 0.5) is 0 Å². The number of benzene rings is 2. The highest BCUT2D eigenvalue weighted by Crippen LogP contribution is 2.19. The molecular formula is C15H17NS. The van der Waals surface area contributed by atoms with Gasteiger partial charge in [0.1, 0.15) is 0 Å². The molecule has 2 heteroatoms. The first kappa shape index (κ1) is 12.2. The Bertz CT molecular complexity index is 427. The van der Waals surface area contributed by atoms with E-state index in [1.54, 1.807) is 0 Å². The maximum Gasteiger partial charge on any atom is 0.0386 e. The number of nitrogens with two attached hydrogens (primary N) is 1. The van der Waals surface area contributed by atoms with E-state index < -0.39 is 0 Å². The summed E-state index contributed by atoms with van der Waals surface area (Å²) < 4.78 is 0. The van der Waals surface area contributed by atoms with Crippen LogP contribution in [0.5, 0.6) is 0 Å². The molecule has 1 nitrogen and oxygen atoms in total. The predicted molar refractivity (Wildman–Crippen MR) is 76.0 cm³/mol. The predicted octanol–water partition coefficient (Wildman–Crippen LogP) is 3.62. The van der Waals surface area contributed by atoms with Gasteiger partial charge < -0.3 is 5.73 Å². The van der Waals surface area contributed by atoms with Crippen LogP contribution in [0.15, 0.2) is 60.7 Å². The van der Waals surface area contributed by atoms with Gasteiger partial charge in [-0.3, -0.25) is 0 Å². The van der Waals surface area contributed by atoms with E-state index in [-0.39, 0.29) is 6.04 Å². The van der Waals surface area contributed by atoms with Gasteiger partial charge in [-0.25, -0.2) is 0 Å². The van der Waals surface area contributed by atoms with Crippen molar-refractivity contribution in [1.29, 1.82) is 0 Å². The van der Waals surface area contributed by atoms with Crippen molar-refractivity contribution in [2.45, 2.75) is 11.8 Å². The molecule has 17 heavy (non-hydrogen) atoms. The van der Waals surface area contributed by atoms with E-state index in [2.05, 4.69) is 36.4 Å². The van der Waals surface area contributed by atoms with Gasteiger partial charge in [-0.05, 0) is 11.1 Å². The second-order valence-electron chi connectivity index (χ2n) is 4.02. The molecule has 1 atom stereocenters. The quantitative estimate of drug-likeness (QED) is 0.868. The van der Waals surface area contributed by atoms with Crippen LogP contribution >= 0.6 is 11.8 Å². The zero-order valence-corrected chi connectivity index (χ0v) is 10.6. The normalized spacial score (nSPS) is 12.3. The molecule has 0 aliphatic heterocycles. The molecule has 0 fully saturated rings. The van der Waals surface area contributed by atoms with Crippen molar-refractivity contribution in [3.05, 3.63) is 71.8 Å². The Balaban J connectivity index is 1.79. The Labute approximate surface area is 107 Å². The first-order valence-electron chi connectivity index (χ1n) is 5.78. The van der Waals surface area contributed by atoms with E-state index in [0.29, 0.717) is 0 Å². The van der Waals surface area contributed by atoms with E-state index in [1.165, 1.54) is 11.1 Å². The van der Waals surface area contributed by atoms with E-state index in [9.17, 15) is 0 Å². The van der Waals surface area contributed by atoms with Gasteiger partial charge in [-0.2, -0.15) is 11.8 Å². The van der Waals surface area contributed by atoms with Crippen LogP contribution in [0, 0.1) is 0 Å². The second-order valence-corrected chi connectivity index (χ2v) is 5.05. The summed E-state index contributed by atoms with van der Waals surface area (Å²) in [4.78, 5) is 0. The van der Waals surface area contributed by atoms with Gasteiger partial charge in [0.15, 0.2) is 0 Å². The van der Waals surface area contributed by atoms with Crippen LogP contribution in [-0.2, 0) is 5.75 Å². The maximum absolute atomic E-state index is 6.14. The van der Waals surface area contributed by atoms with Gasteiger partial charge in [0.2, 0.25) is 0 Å². The zero-order chi connectivity index (χ0) is 11.9. The molecule has 0 amide bonds. The van der Waals surface area contributed by atoms with E-state index in [1.807, 2.05) is 36.0 Å². The lowest BCUT2D eigenvalue weighted by atomic mass is 10.1. The largest absolute Gasteiger partial charge is 0.323 e. The number of thioether (sulfide) groups is 1. The average Bonchev–Trinajstić information content (AvgIpc) is 2.41. The van der Waals surface area contributed by atoms with Gasteiger partial charge >= 0.3 is 0 Å². The van der Waals surface area contributed by atoms with Crippen LogP contribution in [-0.4, -0.2) is 5.75 Å². The van der Waals surface area contributed by atoms with E-state index in [4.69, 9.17) is 5.73 Å². The van der Waals surface area contributed by atoms with Crippen LogP contribution < -0.4 is 5.73 Å². The summed E-state index contributed by atoms with van der Waals surface area (Å²) >= 11 is 1.88. The SMILES string of the molecule is N[C@@H](CSCc1ccccc1)c1ccccc1. The summed E-state index contributed by atoms with van der Waals surface area (Å²) in [6.45, 7) is 0. The van der Waals surface area contributed by atoms with Crippen molar-refractivity contribution < 1.29 is 0 Å². The highest BCUT2D eigenvalue weighted by molar-refractivity contribution is 7.98. The molecule has 0 unspecified atom stereocenters. The fourth-order valence-electron chi connectivity index (χ4n) is 1.67. The summed E-state index contributed by atoms with van der Waals surface area (Å²) in [7, 11) is 0. The summed E-state index contributed by atoms with van der Waals surface area (Å²) in [6, 6.07) is 20.9. The maximum atomic E-state index is 6.14. The highest BCUT2D eigenvalue weighted by Gasteiger charge is 2.04. The monoisotopic (exact) mass is 243 g/mol. The van der Waals surface area contributed by atoms with Gasteiger partial charge in [-0.15, -0.1) is 0 Å². The van der Waals surface area contributed by atoms with Crippen LogP contribution in [0.25, 0.3) is 0 Å². The van der Waals surface area contributed by atoms with Crippen LogP contribution in [0.3, 0.4) is 0 Å². The molecule has 0 aliphatic rings. The smallest absolute Gasteiger partial charge is 0.0386 e. The second kappa shape index (κ2) is 6.48. The number of hydrogen-bond donors (Lipinski definition) is 1. The van der Waals surface area contributed by atoms with Gasteiger partial charge in [0.05, 0.1) is 0 Å². The minimum atomic E-state index is 0.130. The fourth-order valence-corrected chi connectivity index (χ4v) is 2.67. The Morgan fingerprint density at radius 3 is 2.12 bits per heavy atom. The summed E-state index contributed by atoms with van der Waals surface area (Å²) in [6.07, 6.45) is 0. The summed E-state index contributed by atoms with van der Waals surface area (Å²) in [5.74, 6) is 1.99. The molecule has 2 aromatic carbocycles. The van der Waals surface area contributed by atoms with Crippen molar-refractivity contribution in [3.63, 3.8) is 0 Å². The summed E-state index contributed by atoms with van der Waals surface area (Å²) in [5.41, 5.74) is 8.71.